The first kappa shape index (κ1) is 20.3. The van der Waals surface area contributed by atoms with Crippen molar-refractivity contribution in [2.45, 2.75) is 19.3 Å². The second-order valence-electron chi connectivity index (χ2n) is 10.1. The van der Waals surface area contributed by atoms with Gasteiger partial charge in [-0.25, -0.2) is 0 Å². The van der Waals surface area contributed by atoms with E-state index in [9.17, 15) is 0 Å². The van der Waals surface area contributed by atoms with Crippen molar-refractivity contribution < 1.29 is 0 Å². The lowest BCUT2D eigenvalue weighted by atomic mass is 9.72. The highest BCUT2D eigenvalue weighted by atomic mass is 15.0. The average molecular weight is 445 g/mol. The molecular weight excluding hydrogens is 421 g/mol. The van der Waals surface area contributed by atoms with Crippen molar-refractivity contribution >= 4 is 35.1 Å². The zero-order valence-electron chi connectivity index (χ0n) is 19.9. The summed E-state index contributed by atoms with van der Waals surface area (Å²) >= 11 is 0. The van der Waals surface area contributed by atoms with E-state index in [0.717, 1.165) is 5.46 Å². The summed E-state index contributed by atoms with van der Waals surface area (Å²) in [6.07, 6.45) is 0. The van der Waals surface area contributed by atoms with Crippen molar-refractivity contribution in [3.63, 3.8) is 0 Å². The molecule has 35 heavy (non-hydrogen) atoms. The van der Waals surface area contributed by atoms with E-state index in [2.05, 4.69) is 122 Å². The number of hydrogen-bond acceptors (Lipinski definition) is 0. The largest absolute Gasteiger partial charge is 0.309 e. The van der Waals surface area contributed by atoms with Crippen molar-refractivity contribution in [2.75, 3.05) is 0 Å². The lowest BCUT2D eigenvalue weighted by Crippen LogP contribution is -2.28. The summed E-state index contributed by atoms with van der Waals surface area (Å²) < 4.78 is 2.45. The molecule has 0 spiro atoms. The van der Waals surface area contributed by atoms with Crippen LogP contribution in [0.3, 0.4) is 0 Å². The number of fused-ring (bicyclic) bond motifs is 5. The molecule has 0 saturated carbocycles. The number of hydrogen-bond donors (Lipinski definition) is 0. The van der Waals surface area contributed by atoms with Crippen LogP contribution in [0.1, 0.15) is 25.0 Å². The fourth-order valence-electron chi connectivity index (χ4n) is 5.88. The van der Waals surface area contributed by atoms with Crippen LogP contribution in [0.4, 0.5) is 0 Å². The molecule has 0 atom stereocenters. The summed E-state index contributed by atoms with van der Waals surface area (Å²) in [5.74, 6) is 0. The van der Waals surface area contributed by atoms with Crippen molar-refractivity contribution in [1.82, 2.24) is 4.57 Å². The second kappa shape index (κ2) is 7.23. The van der Waals surface area contributed by atoms with Gasteiger partial charge in [0, 0.05) is 16.2 Å². The van der Waals surface area contributed by atoms with Gasteiger partial charge < -0.3 is 4.57 Å². The van der Waals surface area contributed by atoms with Gasteiger partial charge in [-0.3, -0.25) is 0 Å². The summed E-state index contributed by atoms with van der Waals surface area (Å²) in [7, 11) is 6.30. The molecule has 1 nitrogen and oxygen atoms in total. The average Bonchev–Trinajstić information content (AvgIpc) is 3.22. The minimum Gasteiger partial charge on any atom is -0.309 e. The Bertz CT molecular complexity index is 1760. The molecule has 0 N–H and O–H groups in total. The maximum Gasteiger partial charge on any atom is 0.113 e. The second-order valence-corrected chi connectivity index (χ2v) is 10.1. The standard InChI is InChI=1S/C33H24BN/c1-33(2)28-20-25(34)14-16-31(28)35-30-15-13-23(21-9-5-3-6-10-21)17-26(30)27-18-24(19-29(33)32(27)35)22-11-7-4-8-12-22/h3-20H,1-2H3. The van der Waals surface area contributed by atoms with Crippen LogP contribution in [0.15, 0.2) is 109 Å². The highest BCUT2D eigenvalue weighted by molar-refractivity contribution is 6.32. The van der Waals surface area contributed by atoms with E-state index in [1.54, 1.807) is 0 Å². The van der Waals surface area contributed by atoms with E-state index < -0.39 is 0 Å². The molecule has 6 aromatic rings. The summed E-state index contributed by atoms with van der Waals surface area (Å²) in [6, 6.07) is 39.3. The van der Waals surface area contributed by atoms with Gasteiger partial charge in [0.15, 0.2) is 0 Å². The SMILES string of the molecule is [B]c1ccc2c(c1)C(C)(C)c1cc(-c3ccccc3)cc3c4cc(-c5ccccc5)ccc4n-2c13. The minimum atomic E-state index is -0.180. The summed E-state index contributed by atoms with van der Waals surface area (Å²) in [5, 5.41) is 2.57. The fraction of sp³-hybridized carbons (Fsp3) is 0.0909. The lowest BCUT2D eigenvalue weighted by Gasteiger charge is -2.35. The van der Waals surface area contributed by atoms with Crippen LogP contribution >= 0.6 is 0 Å². The Kier molecular flexibility index (Phi) is 4.20. The Balaban J connectivity index is 1.65. The van der Waals surface area contributed by atoms with E-state index in [1.807, 2.05) is 6.07 Å². The molecule has 164 valence electrons. The molecule has 0 unspecified atom stereocenters. The Morgan fingerprint density at radius 3 is 1.94 bits per heavy atom. The van der Waals surface area contributed by atoms with Gasteiger partial charge in [-0.2, -0.15) is 0 Å². The molecule has 0 fully saturated rings. The van der Waals surface area contributed by atoms with Gasteiger partial charge in [0.05, 0.1) is 16.7 Å². The molecular formula is C33H24BN. The molecule has 2 heterocycles. The molecule has 0 saturated heterocycles. The highest BCUT2D eigenvalue weighted by Crippen LogP contribution is 2.49. The van der Waals surface area contributed by atoms with Gasteiger partial charge in [0.25, 0.3) is 0 Å². The van der Waals surface area contributed by atoms with Crippen LogP contribution in [0.2, 0.25) is 0 Å². The highest BCUT2D eigenvalue weighted by Gasteiger charge is 2.35. The first-order valence-electron chi connectivity index (χ1n) is 12.2. The first-order chi connectivity index (χ1) is 17.0. The van der Waals surface area contributed by atoms with Crippen molar-refractivity contribution in [2.24, 2.45) is 0 Å². The molecule has 0 aliphatic carbocycles. The van der Waals surface area contributed by atoms with Crippen molar-refractivity contribution in [3.05, 3.63) is 120 Å². The van der Waals surface area contributed by atoms with Crippen molar-refractivity contribution in [3.8, 4) is 27.9 Å². The van der Waals surface area contributed by atoms with E-state index in [-0.39, 0.29) is 5.41 Å². The Morgan fingerprint density at radius 1 is 0.571 bits per heavy atom. The monoisotopic (exact) mass is 445 g/mol. The molecule has 1 aromatic heterocycles. The van der Waals surface area contributed by atoms with Crippen LogP contribution in [0.25, 0.3) is 49.7 Å². The van der Waals surface area contributed by atoms with Crippen LogP contribution in [0.5, 0.6) is 0 Å². The van der Waals surface area contributed by atoms with E-state index >= 15 is 0 Å². The predicted molar refractivity (Wildman–Crippen MR) is 149 cm³/mol. The zero-order valence-corrected chi connectivity index (χ0v) is 19.9. The smallest absolute Gasteiger partial charge is 0.113 e. The Morgan fingerprint density at radius 2 is 1.23 bits per heavy atom. The molecule has 7 rings (SSSR count). The Hall–Kier alpha value is -4.04. The molecule has 0 amide bonds. The first-order valence-corrected chi connectivity index (χ1v) is 12.2. The molecule has 1 aliphatic heterocycles. The molecule has 5 aromatic carbocycles. The Labute approximate surface area is 207 Å². The minimum absolute atomic E-state index is 0.180. The zero-order chi connectivity index (χ0) is 23.7. The molecule has 2 heteroatoms. The topological polar surface area (TPSA) is 4.93 Å². The van der Waals surface area contributed by atoms with Crippen LogP contribution in [0, 0.1) is 0 Å². The van der Waals surface area contributed by atoms with Crippen LogP contribution < -0.4 is 5.46 Å². The third-order valence-electron chi connectivity index (χ3n) is 7.68. The third kappa shape index (κ3) is 2.90. The maximum atomic E-state index is 6.30. The van der Waals surface area contributed by atoms with E-state index in [1.165, 1.54) is 60.9 Å². The number of rotatable bonds is 2. The molecule has 1 aliphatic rings. The van der Waals surface area contributed by atoms with Gasteiger partial charge in [-0.05, 0) is 63.7 Å². The lowest BCUT2D eigenvalue weighted by molar-refractivity contribution is 0.631. The summed E-state index contributed by atoms with van der Waals surface area (Å²) in [6.45, 7) is 4.65. The fourth-order valence-corrected chi connectivity index (χ4v) is 5.88. The molecule has 0 bridgehead atoms. The summed E-state index contributed by atoms with van der Waals surface area (Å²) in [4.78, 5) is 0. The normalized spacial score (nSPS) is 13.8. The number of aromatic nitrogens is 1. The molecule has 2 radical (unpaired) electrons. The maximum absolute atomic E-state index is 6.30. The van der Waals surface area contributed by atoms with Gasteiger partial charge >= 0.3 is 0 Å². The third-order valence-corrected chi connectivity index (χ3v) is 7.68. The van der Waals surface area contributed by atoms with E-state index in [0.29, 0.717) is 0 Å². The predicted octanol–water partition coefficient (Wildman–Crippen LogP) is 7.55. The quantitative estimate of drug-likeness (QED) is 0.243. The summed E-state index contributed by atoms with van der Waals surface area (Å²) in [5.41, 5.74) is 11.9. The van der Waals surface area contributed by atoms with Gasteiger partial charge in [0.2, 0.25) is 0 Å². The van der Waals surface area contributed by atoms with Gasteiger partial charge in [-0.15, -0.1) is 0 Å². The van der Waals surface area contributed by atoms with Crippen molar-refractivity contribution in [1.29, 1.82) is 0 Å². The van der Waals surface area contributed by atoms with Crippen LogP contribution in [-0.2, 0) is 5.41 Å². The number of benzene rings is 5. The number of nitrogens with zero attached hydrogens (tertiary/aromatic N) is 1. The van der Waals surface area contributed by atoms with Gasteiger partial charge in [0.1, 0.15) is 7.85 Å². The van der Waals surface area contributed by atoms with Crippen LogP contribution in [-0.4, -0.2) is 12.4 Å². The van der Waals surface area contributed by atoms with E-state index in [4.69, 9.17) is 7.85 Å². The van der Waals surface area contributed by atoms with Gasteiger partial charge in [-0.1, -0.05) is 98.2 Å².